The molecule has 1 N–H and O–H groups in total. The second-order valence-corrected chi connectivity index (χ2v) is 6.06. The molecule has 0 aliphatic rings. The molecule has 0 amide bonds. The summed E-state index contributed by atoms with van der Waals surface area (Å²) in [5.41, 5.74) is 2.39. The molecule has 0 radical (unpaired) electrons. The zero-order valence-corrected chi connectivity index (χ0v) is 13.6. The van der Waals surface area contributed by atoms with Crippen molar-refractivity contribution < 1.29 is 4.74 Å². The van der Waals surface area contributed by atoms with Gasteiger partial charge in [-0.05, 0) is 47.9 Å². The van der Waals surface area contributed by atoms with Gasteiger partial charge in [-0.15, -0.1) is 0 Å². The Morgan fingerprint density at radius 3 is 2.05 bits per heavy atom. The summed E-state index contributed by atoms with van der Waals surface area (Å²) < 4.78 is 6.29. The van der Waals surface area contributed by atoms with Gasteiger partial charge in [-0.2, -0.15) is 0 Å². The third kappa shape index (κ3) is 3.76. The first-order valence-electron chi connectivity index (χ1n) is 6.76. The fourth-order valence-corrected chi connectivity index (χ4v) is 2.44. The van der Waals surface area contributed by atoms with E-state index in [0.717, 1.165) is 15.9 Å². The molecule has 0 aliphatic heterocycles. The van der Waals surface area contributed by atoms with Crippen LogP contribution in [0.1, 0.15) is 25.5 Å². The van der Waals surface area contributed by atoms with Gasteiger partial charge in [0.15, 0.2) is 0 Å². The summed E-state index contributed by atoms with van der Waals surface area (Å²) >= 11 is 3.48. The predicted octanol–water partition coefficient (Wildman–Crippen LogP) is 5.27. The van der Waals surface area contributed by atoms with E-state index in [1.807, 2.05) is 24.3 Å². The van der Waals surface area contributed by atoms with Crippen LogP contribution in [0.4, 0.5) is 5.69 Å². The molecule has 1 unspecified atom stereocenters. The molecule has 0 spiro atoms. The SMILES string of the molecule is COc1ccc(NC(c2ccc(Br)cc2)C(C)C)cc1. The first-order chi connectivity index (χ1) is 9.60. The molecule has 3 heteroatoms. The van der Waals surface area contributed by atoms with Crippen LogP contribution in [-0.4, -0.2) is 7.11 Å². The van der Waals surface area contributed by atoms with Crippen LogP contribution in [-0.2, 0) is 0 Å². The first-order valence-corrected chi connectivity index (χ1v) is 7.55. The Hall–Kier alpha value is -1.48. The molecule has 0 saturated heterocycles. The number of rotatable bonds is 5. The summed E-state index contributed by atoms with van der Waals surface area (Å²) in [5, 5.41) is 3.59. The van der Waals surface area contributed by atoms with Gasteiger partial charge in [0.2, 0.25) is 0 Å². The second-order valence-electron chi connectivity index (χ2n) is 5.15. The normalized spacial score (nSPS) is 12.2. The van der Waals surface area contributed by atoms with E-state index in [1.54, 1.807) is 7.11 Å². The van der Waals surface area contributed by atoms with Crippen LogP contribution < -0.4 is 10.1 Å². The molecular formula is C17H20BrNO. The second kappa shape index (κ2) is 6.80. The molecule has 2 nitrogen and oxygen atoms in total. The summed E-state index contributed by atoms with van der Waals surface area (Å²) in [7, 11) is 1.68. The average molecular weight is 334 g/mol. The van der Waals surface area contributed by atoms with Crippen molar-refractivity contribution in [1.82, 2.24) is 0 Å². The Labute approximate surface area is 129 Å². The number of halogens is 1. The van der Waals surface area contributed by atoms with E-state index in [9.17, 15) is 0 Å². The molecule has 0 aromatic heterocycles. The van der Waals surface area contributed by atoms with Crippen molar-refractivity contribution in [2.45, 2.75) is 19.9 Å². The van der Waals surface area contributed by atoms with E-state index < -0.39 is 0 Å². The smallest absolute Gasteiger partial charge is 0.119 e. The van der Waals surface area contributed by atoms with Crippen molar-refractivity contribution in [3.63, 3.8) is 0 Å². The number of hydrogen-bond acceptors (Lipinski definition) is 2. The Morgan fingerprint density at radius 2 is 1.55 bits per heavy atom. The van der Waals surface area contributed by atoms with Gasteiger partial charge >= 0.3 is 0 Å². The van der Waals surface area contributed by atoms with Crippen LogP contribution in [0, 0.1) is 5.92 Å². The first kappa shape index (κ1) is 14.9. The van der Waals surface area contributed by atoms with Crippen LogP contribution in [0.15, 0.2) is 53.0 Å². The maximum atomic E-state index is 5.19. The van der Waals surface area contributed by atoms with Gasteiger partial charge in [0.1, 0.15) is 5.75 Å². The van der Waals surface area contributed by atoms with Crippen LogP contribution in [0.2, 0.25) is 0 Å². The lowest BCUT2D eigenvalue weighted by molar-refractivity contribution is 0.415. The molecule has 106 valence electrons. The third-order valence-corrected chi connectivity index (χ3v) is 3.84. The maximum Gasteiger partial charge on any atom is 0.119 e. The van der Waals surface area contributed by atoms with Crippen molar-refractivity contribution >= 4 is 21.6 Å². The van der Waals surface area contributed by atoms with Gasteiger partial charge in [0.25, 0.3) is 0 Å². The minimum atomic E-state index is 0.288. The molecule has 20 heavy (non-hydrogen) atoms. The number of benzene rings is 2. The molecule has 0 heterocycles. The van der Waals surface area contributed by atoms with E-state index in [4.69, 9.17) is 4.74 Å². The van der Waals surface area contributed by atoms with Gasteiger partial charge in [-0.1, -0.05) is 41.9 Å². The largest absolute Gasteiger partial charge is 0.497 e. The molecule has 2 aromatic rings. The Morgan fingerprint density at radius 1 is 0.950 bits per heavy atom. The summed E-state index contributed by atoms with van der Waals surface area (Å²) in [4.78, 5) is 0. The third-order valence-electron chi connectivity index (χ3n) is 3.31. The minimum Gasteiger partial charge on any atom is -0.497 e. The van der Waals surface area contributed by atoms with Crippen molar-refractivity contribution in [2.75, 3.05) is 12.4 Å². The van der Waals surface area contributed by atoms with Crippen LogP contribution in [0.25, 0.3) is 0 Å². The Bertz CT molecular complexity index is 534. The minimum absolute atomic E-state index is 0.288. The standard InChI is InChI=1S/C17H20BrNO/c1-12(2)17(13-4-6-14(18)7-5-13)19-15-8-10-16(20-3)11-9-15/h4-12,17,19H,1-3H3. The maximum absolute atomic E-state index is 5.19. The summed E-state index contributed by atoms with van der Waals surface area (Å²) in [6, 6.07) is 16.8. The van der Waals surface area contributed by atoms with Gasteiger partial charge in [0, 0.05) is 10.2 Å². The molecule has 2 aromatic carbocycles. The highest BCUT2D eigenvalue weighted by molar-refractivity contribution is 9.10. The molecule has 0 aliphatic carbocycles. The molecule has 0 bridgehead atoms. The summed E-state index contributed by atoms with van der Waals surface area (Å²) in [6.45, 7) is 4.45. The zero-order valence-electron chi connectivity index (χ0n) is 12.1. The van der Waals surface area contributed by atoms with E-state index >= 15 is 0 Å². The van der Waals surface area contributed by atoms with E-state index in [2.05, 4.69) is 59.4 Å². The predicted molar refractivity (Wildman–Crippen MR) is 88.3 cm³/mol. The lowest BCUT2D eigenvalue weighted by atomic mass is 9.96. The molecule has 1 atom stereocenters. The van der Waals surface area contributed by atoms with E-state index in [1.165, 1.54) is 5.56 Å². The monoisotopic (exact) mass is 333 g/mol. The lowest BCUT2D eigenvalue weighted by Gasteiger charge is -2.24. The highest BCUT2D eigenvalue weighted by Crippen LogP contribution is 2.28. The number of hydrogen-bond donors (Lipinski definition) is 1. The lowest BCUT2D eigenvalue weighted by Crippen LogP contribution is -2.16. The van der Waals surface area contributed by atoms with Gasteiger partial charge in [0.05, 0.1) is 13.2 Å². The van der Waals surface area contributed by atoms with E-state index in [0.29, 0.717) is 5.92 Å². The number of methoxy groups -OCH3 is 1. The van der Waals surface area contributed by atoms with Crippen LogP contribution in [0.3, 0.4) is 0 Å². The van der Waals surface area contributed by atoms with E-state index in [-0.39, 0.29) is 6.04 Å². The van der Waals surface area contributed by atoms with Gasteiger partial charge < -0.3 is 10.1 Å². The number of ether oxygens (including phenoxy) is 1. The van der Waals surface area contributed by atoms with Crippen molar-refractivity contribution in [1.29, 1.82) is 0 Å². The fraction of sp³-hybridized carbons (Fsp3) is 0.294. The van der Waals surface area contributed by atoms with Crippen molar-refractivity contribution in [3.8, 4) is 5.75 Å². The number of anilines is 1. The topological polar surface area (TPSA) is 21.3 Å². The molecule has 0 fully saturated rings. The molecule has 0 saturated carbocycles. The van der Waals surface area contributed by atoms with Gasteiger partial charge in [-0.25, -0.2) is 0 Å². The quantitative estimate of drug-likeness (QED) is 0.804. The Balaban J connectivity index is 2.18. The Kier molecular flexibility index (Phi) is 5.07. The average Bonchev–Trinajstić information content (AvgIpc) is 2.46. The van der Waals surface area contributed by atoms with Crippen LogP contribution >= 0.6 is 15.9 Å². The van der Waals surface area contributed by atoms with Gasteiger partial charge in [-0.3, -0.25) is 0 Å². The summed E-state index contributed by atoms with van der Waals surface area (Å²) in [5.74, 6) is 1.37. The van der Waals surface area contributed by atoms with Crippen LogP contribution in [0.5, 0.6) is 5.75 Å². The molecule has 2 rings (SSSR count). The highest BCUT2D eigenvalue weighted by atomic mass is 79.9. The van der Waals surface area contributed by atoms with Crippen molar-refractivity contribution in [2.24, 2.45) is 5.92 Å². The summed E-state index contributed by atoms with van der Waals surface area (Å²) in [6.07, 6.45) is 0. The highest BCUT2D eigenvalue weighted by Gasteiger charge is 2.15. The van der Waals surface area contributed by atoms with Crippen molar-refractivity contribution in [3.05, 3.63) is 58.6 Å². The molecular weight excluding hydrogens is 314 g/mol. The fourth-order valence-electron chi connectivity index (χ4n) is 2.17. The zero-order chi connectivity index (χ0) is 14.5. The number of nitrogens with one attached hydrogen (secondary N) is 1.